The Labute approximate surface area is 360 Å². The van der Waals surface area contributed by atoms with E-state index in [0.717, 1.165) is 47.8 Å². The summed E-state index contributed by atoms with van der Waals surface area (Å²) in [7, 11) is 7.98. The van der Waals surface area contributed by atoms with Crippen molar-refractivity contribution in [3.05, 3.63) is 118 Å². The van der Waals surface area contributed by atoms with Gasteiger partial charge in [-0.05, 0) is 148 Å². The molecule has 2 aliphatic rings. The molecule has 11 nitrogen and oxygen atoms in total. The fraction of sp³-hybridized carbons (Fsp3) is 0.478. The first kappa shape index (κ1) is 47.4. The molecule has 59 heavy (non-hydrogen) atoms. The molecule has 2 aromatic heterocycles. The van der Waals surface area contributed by atoms with Crippen LogP contribution in [0.1, 0.15) is 85.5 Å². The number of phenolic OH excluding ortho intramolecular Hbond substituents is 2. The van der Waals surface area contributed by atoms with E-state index in [-0.39, 0.29) is 47.7 Å². The highest BCUT2D eigenvalue weighted by atomic mass is 35.5. The maximum absolute atomic E-state index is 12.7. The monoisotopic (exact) mass is 848 g/mol. The number of benzene rings is 2. The van der Waals surface area contributed by atoms with Crippen LogP contribution in [0.3, 0.4) is 0 Å². The van der Waals surface area contributed by atoms with Crippen molar-refractivity contribution in [1.82, 2.24) is 25.1 Å². The second-order valence-corrected chi connectivity index (χ2v) is 17.2. The summed E-state index contributed by atoms with van der Waals surface area (Å²) >= 11 is 12.3. The predicted molar refractivity (Wildman–Crippen MR) is 236 cm³/mol. The number of hydrogen-bond donors (Lipinski definition) is 5. The summed E-state index contributed by atoms with van der Waals surface area (Å²) in [5.41, 5.74) is 9.95. The van der Waals surface area contributed by atoms with E-state index in [2.05, 4.69) is 25.1 Å². The Morgan fingerprint density at radius 2 is 1.14 bits per heavy atom. The fourth-order valence-corrected chi connectivity index (χ4v) is 7.53. The highest BCUT2D eigenvalue weighted by Gasteiger charge is 2.29. The average Bonchev–Trinajstić information content (AvgIpc) is 4.15. The molecule has 13 heteroatoms. The number of nitrogens with two attached hydrogens (primary N) is 1. The number of nitrogens with zero attached hydrogens (tertiary/aromatic N) is 4. The zero-order valence-corrected chi connectivity index (χ0v) is 36.3. The molecule has 0 unspecified atom stereocenters. The standard InChI is InChI=1S/C23H30ClN3O2.C12H15NO2.C11H17ClN2O/c1-27(2)20(12-18-5-6-21(28)14-22(18)24)15-26-23(29)13-19(11-16-3-4-16)17-7-9-25-10-8-17;14-12(15)8-11(7-9-1-2-9)10-3-5-13-6-4-10;1-14(2)9(7-13)5-8-3-4-10(15)6-11(8)12/h5-10,14,16,19-20,28H,3-4,11-13,15H2,1-2H3,(H,26,29);3-6,9,11H,1-2,7-8H2,(H,14,15);3-4,6,9,15H,5,7,13H2,1-2H3/t19-,20-;11-;9-/m000/s1. The number of aromatic hydroxyl groups is 2. The summed E-state index contributed by atoms with van der Waals surface area (Å²) in [5.74, 6) is 1.64. The predicted octanol–water partition coefficient (Wildman–Crippen LogP) is 7.92. The molecule has 6 N–H and O–H groups in total. The van der Waals surface area contributed by atoms with E-state index in [9.17, 15) is 19.8 Å². The van der Waals surface area contributed by atoms with Crippen LogP contribution >= 0.6 is 23.2 Å². The molecule has 0 bridgehead atoms. The fourth-order valence-electron chi connectivity index (χ4n) is 7.02. The minimum absolute atomic E-state index is 0.0797. The molecule has 2 aliphatic carbocycles. The molecule has 2 aromatic carbocycles. The number of aliphatic carboxylic acids is 1. The van der Waals surface area contributed by atoms with E-state index in [1.165, 1.54) is 31.2 Å². The van der Waals surface area contributed by atoms with Gasteiger partial charge in [-0.2, -0.15) is 0 Å². The van der Waals surface area contributed by atoms with Crippen LogP contribution in [0, 0.1) is 11.8 Å². The first-order valence-electron chi connectivity index (χ1n) is 20.5. The third-order valence-corrected chi connectivity index (χ3v) is 11.8. The second-order valence-electron chi connectivity index (χ2n) is 16.3. The lowest BCUT2D eigenvalue weighted by molar-refractivity contribution is -0.137. The molecule has 4 aromatic rings. The molecular weight excluding hydrogens is 787 g/mol. The van der Waals surface area contributed by atoms with Gasteiger partial charge in [0.2, 0.25) is 5.91 Å². The highest BCUT2D eigenvalue weighted by molar-refractivity contribution is 6.31. The molecular formula is C46H62Cl2N6O5. The van der Waals surface area contributed by atoms with Crippen LogP contribution in [-0.4, -0.2) is 100 Å². The number of nitrogens with one attached hydrogen (secondary N) is 1. The van der Waals surface area contributed by atoms with E-state index in [4.69, 9.17) is 34.0 Å². The summed E-state index contributed by atoms with van der Waals surface area (Å²) in [6, 6.07) is 18.4. The van der Waals surface area contributed by atoms with E-state index < -0.39 is 5.97 Å². The van der Waals surface area contributed by atoms with Crippen molar-refractivity contribution in [3.63, 3.8) is 0 Å². The Morgan fingerprint density at radius 3 is 1.51 bits per heavy atom. The van der Waals surface area contributed by atoms with Gasteiger partial charge in [-0.3, -0.25) is 19.6 Å². The van der Waals surface area contributed by atoms with Crippen molar-refractivity contribution in [2.75, 3.05) is 41.3 Å². The highest BCUT2D eigenvalue weighted by Crippen LogP contribution is 2.41. The third-order valence-electron chi connectivity index (χ3n) is 11.1. The van der Waals surface area contributed by atoms with Gasteiger partial charge < -0.3 is 36.2 Å². The number of pyridine rings is 2. The first-order chi connectivity index (χ1) is 28.2. The van der Waals surface area contributed by atoms with E-state index in [1.54, 1.807) is 49.1 Å². The first-order valence-corrected chi connectivity index (χ1v) is 21.2. The van der Waals surface area contributed by atoms with Crippen LogP contribution in [0.2, 0.25) is 10.0 Å². The van der Waals surface area contributed by atoms with Crippen molar-refractivity contribution >= 4 is 35.1 Å². The Balaban J connectivity index is 0.000000215. The lowest BCUT2D eigenvalue weighted by Gasteiger charge is -2.26. The quantitative estimate of drug-likeness (QED) is 0.0626. The molecule has 320 valence electrons. The van der Waals surface area contributed by atoms with E-state index in [1.807, 2.05) is 64.6 Å². The molecule has 1 amide bonds. The van der Waals surface area contributed by atoms with Gasteiger partial charge in [0.1, 0.15) is 11.5 Å². The number of hydrogen-bond acceptors (Lipinski definition) is 9. The van der Waals surface area contributed by atoms with E-state index >= 15 is 0 Å². The van der Waals surface area contributed by atoms with Crippen molar-refractivity contribution in [3.8, 4) is 11.5 Å². The number of aromatic nitrogens is 2. The number of carbonyl (C=O) groups is 2. The topological polar surface area (TPSA) is 165 Å². The summed E-state index contributed by atoms with van der Waals surface area (Å²) in [5, 5.41) is 31.9. The van der Waals surface area contributed by atoms with Crippen LogP contribution in [0.5, 0.6) is 11.5 Å². The number of amides is 1. The lowest BCUT2D eigenvalue weighted by Crippen LogP contribution is -2.42. The average molecular weight is 850 g/mol. The molecule has 2 saturated carbocycles. The van der Waals surface area contributed by atoms with Crippen LogP contribution in [0.15, 0.2) is 85.5 Å². The smallest absolute Gasteiger partial charge is 0.303 e. The Kier molecular flexibility index (Phi) is 19.4. The largest absolute Gasteiger partial charge is 0.508 e. The lowest BCUT2D eigenvalue weighted by atomic mass is 9.91. The van der Waals surface area contributed by atoms with Crippen LogP contribution in [0.25, 0.3) is 0 Å². The number of carbonyl (C=O) groups excluding carboxylic acids is 1. The Morgan fingerprint density at radius 1 is 0.712 bits per heavy atom. The van der Waals surface area contributed by atoms with Gasteiger partial charge >= 0.3 is 5.97 Å². The molecule has 0 aliphatic heterocycles. The number of carboxylic acid groups (broad SMARTS) is 1. The van der Waals surface area contributed by atoms with Crippen LogP contribution < -0.4 is 11.1 Å². The molecule has 6 rings (SSSR count). The van der Waals surface area contributed by atoms with Gasteiger partial charge in [-0.1, -0.05) is 61.0 Å². The normalized spacial score (nSPS) is 15.5. The zero-order chi connectivity index (χ0) is 42.9. The van der Waals surface area contributed by atoms with Gasteiger partial charge in [0, 0.05) is 66.4 Å². The van der Waals surface area contributed by atoms with Gasteiger partial charge in [0.05, 0.1) is 6.42 Å². The molecule has 0 spiro atoms. The third kappa shape index (κ3) is 17.5. The summed E-state index contributed by atoms with van der Waals surface area (Å²) in [6.45, 7) is 1.14. The summed E-state index contributed by atoms with van der Waals surface area (Å²) in [6.07, 6.45) is 16.5. The minimum atomic E-state index is -0.711. The van der Waals surface area contributed by atoms with Gasteiger partial charge in [-0.15, -0.1) is 0 Å². The van der Waals surface area contributed by atoms with Gasteiger partial charge in [0.25, 0.3) is 0 Å². The Hall–Kier alpha value is -4.26. The number of likely N-dealkylation sites (N-methyl/N-ethyl adjacent to an activating group) is 2. The molecule has 2 fully saturated rings. The number of phenols is 2. The van der Waals surface area contributed by atoms with Crippen molar-refractivity contribution in [2.45, 2.75) is 88.1 Å². The molecule has 0 saturated heterocycles. The Bertz CT molecular complexity index is 1880. The SMILES string of the molecule is CN(C)[C@H](CN)Cc1ccc(O)cc1Cl.CN(C)[C@H](CNC(=O)C[C@H](CC1CC1)c1ccncc1)Cc1ccc(O)cc1Cl.O=C(O)C[C@H](CC1CC1)c1ccncc1. The van der Waals surface area contributed by atoms with E-state index in [0.29, 0.717) is 36.0 Å². The number of halogens is 2. The number of carboxylic acids is 1. The van der Waals surface area contributed by atoms with Crippen LogP contribution in [0.4, 0.5) is 0 Å². The molecule has 4 atom stereocenters. The van der Waals surface area contributed by atoms with Crippen molar-refractivity contribution in [2.24, 2.45) is 17.6 Å². The minimum Gasteiger partial charge on any atom is -0.508 e. The zero-order valence-electron chi connectivity index (χ0n) is 34.8. The van der Waals surface area contributed by atoms with Gasteiger partial charge in [-0.25, -0.2) is 0 Å². The maximum atomic E-state index is 12.7. The summed E-state index contributed by atoms with van der Waals surface area (Å²) < 4.78 is 0. The molecule has 0 radical (unpaired) electrons. The molecule has 2 heterocycles. The van der Waals surface area contributed by atoms with Crippen molar-refractivity contribution < 1.29 is 24.9 Å². The number of rotatable bonds is 19. The van der Waals surface area contributed by atoms with Gasteiger partial charge in [0.15, 0.2) is 0 Å². The second kappa shape index (κ2) is 24.1. The van der Waals surface area contributed by atoms with Crippen molar-refractivity contribution in [1.29, 1.82) is 0 Å². The maximum Gasteiger partial charge on any atom is 0.303 e. The van der Waals surface area contributed by atoms with Crippen LogP contribution in [-0.2, 0) is 22.4 Å². The summed E-state index contributed by atoms with van der Waals surface area (Å²) in [4.78, 5) is 35.7.